The predicted octanol–water partition coefficient (Wildman–Crippen LogP) is 8.01. The van der Waals surface area contributed by atoms with Crippen LogP contribution in [-0.4, -0.2) is 4.57 Å². The second-order valence-electron chi connectivity index (χ2n) is 8.80. The summed E-state index contributed by atoms with van der Waals surface area (Å²) in [5.74, 6) is 1.58. The van der Waals surface area contributed by atoms with Gasteiger partial charge in [0, 0.05) is 6.42 Å². The molecule has 0 atom stereocenters. The van der Waals surface area contributed by atoms with E-state index in [1.165, 1.54) is 129 Å². The first-order valence-corrected chi connectivity index (χ1v) is 12.9. The fourth-order valence-electron chi connectivity index (χ4n) is 4.27. The van der Waals surface area contributed by atoms with E-state index in [9.17, 15) is 0 Å². The van der Waals surface area contributed by atoms with E-state index < -0.39 is 0 Å². The van der Waals surface area contributed by atoms with Crippen LogP contribution in [0.15, 0.2) is 12.4 Å². The molecule has 1 rings (SSSR count). The van der Waals surface area contributed by atoms with Crippen LogP contribution in [-0.2, 0) is 19.5 Å². The highest BCUT2D eigenvalue weighted by atomic mass is 15.1. The van der Waals surface area contributed by atoms with Gasteiger partial charge < -0.3 is 0 Å². The summed E-state index contributed by atoms with van der Waals surface area (Å²) >= 11 is 0. The topological polar surface area (TPSA) is 8.81 Å². The normalized spacial score (nSPS) is 11.4. The lowest BCUT2D eigenvalue weighted by Gasteiger charge is -2.06. The van der Waals surface area contributed by atoms with Gasteiger partial charge >= 0.3 is 0 Å². The SMILES string of the molecule is CCCCCCCCCCCn1cc[n+](CCC)c1CCCCCCCCC. The van der Waals surface area contributed by atoms with Gasteiger partial charge in [-0.25, -0.2) is 9.13 Å². The van der Waals surface area contributed by atoms with Crippen LogP contribution in [0.3, 0.4) is 0 Å². The van der Waals surface area contributed by atoms with Crippen molar-refractivity contribution in [2.75, 3.05) is 0 Å². The van der Waals surface area contributed by atoms with Crippen molar-refractivity contribution >= 4 is 0 Å². The third-order valence-electron chi connectivity index (χ3n) is 6.06. The molecule has 0 unspecified atom stereocenters. The van der Waals surface area contributed by atoms with Crippen molar-refractivity contribution in [3.05, 3.63) is 18.2 Å². The Morgan fingerprint density at radius 3 is 1.64 bits per heavy atom. The van der Waals surface area contributed by atoms with Gasteiger partial charge in [-0.05, 0) is 25.7 Å². The molecule has 0 fully saturated rings. The smallest absolute Gasteiger partial charge is 0.234 e. The van der Waals surface area contributed by atoms with Crippen molar-refractivity contribution in [1.82, 2.24) is 4.57 Å². The lowest BCUT2D eigenvalue weighted by molar-refractivity contribution is -0.703. The molecule has 1 heterocycles. The summed E-state index contributed by atoms with van der Waals surface area (Å²) in [6.45, 7) is 9.29. The van der Waals surface area contributed by atoms with Gasteiger partial charge in [0.05, 0.1) is 13.1 Å². The number of imidazole rings is 1. The summed E-state index contributed by atoms with van der Waals surface area (Å²) in [7, 11) is 0. The van der Waals surface area contributed by atoms with Crippen molar-refractivity contribution in [3.63, 3.8) is 0 Å². The van der Waals surface area contributed by atoms with Gasteiger partial charge in [0.2, 0.25) is 0 Å². The number of aromatic nitrogens is 2. The molecule has 1 aromatic heterocycles. The molecule has 0 radical (unpaired) electrons. The van der Waals surface area contributed by atoms with E-state index in [1.54, 1.807) is 5.82 Å². The van der Waals surface area contributed by atoms with Crippen LogP contribution in [0.25, 0.3) is 0 Å². The molecule has 0 aliphatic heterocycles. The van der Waals surface area contributed by atoms with E-state index in [-0.39, 0.29) is 0 Å². The maximum Gasteiger partial charge on any atom is 0.256 e. The first-order chi connectivity index (χ1) is 13.8. The minimum Gasteiger partial charge on any atom is -0.234 e. The van der Waals surface area contributed by atoms with Gasteiger partial charge in [-0.3, -0.25) is 0 Å². The zero-order valence-electron chi connectivity index (χ0n) is 19.7. The number of hydrogen-bond donors (Lipinski definition) is 0. The monoisotopic (exact) mass is 391 g/mol. The minimum atomic E-state index is 1.18. The Morgan fingerprint density at radius 2 is 1.11 bits per heavy atom. The Labute approximate surface area is 177 Å². The molecule has 0 amide bonds. The van der Waals surface area contributed by atoms with Crippen LogP contribution in [0.4, 0.5) is 0 Å². The van der Waals surface area contributed by atoms with Crippen molar-refractivity contribution in [1.29, 1.82) is 0 Å². The maximum absolute atomic E-state index is 2.56. The number of hydrogen-bond acceptors (Lipinski definition) is 0. The Balaban J connectivity index is 2.24. The molecule has 0 aliphatic rings. The summed E-state index contributed by atoms with van der Waals surface area (Å²) in [5.41, 5.74) is 0. The molecule has 0 bridgehead atoms. The van der Waals surface area contributed by atoms with E-state index in [0.717, 1.165) is 0 Å². The Kier molecular flexibility index (Phi) is 16.5. The number of rotatable bonds is 20. The highest BCUT2D eigenvalue weighted by Gasteiger charge is 2.15. The highest BCUT2D eigenvalue weighted by molar-refractivity contribution is 4.84. The second-order valence-corrected chi connectivity index (χ2v) is 8.80. The molecule has 28 heavy (non-hydrogen) atoms. The second kappa shape index (κ2) is 18.3. The molecule has 0 spiro atoms. The predicted molar refractivity (Wildman–Crippen MR) is 124 cm³/mol. The summed E-state index contributed by atoms with van der Waals surface area (Å²) < 4.78 is 5.08. The fourth-order valence-corrected chi connectivity index (χ4v) is 4.27. The average molecular weight is 392 g/mol. The Morgan fingerprint density at radius 1 is 0.607 bits per heavy atom. The zero-order valence-corrected chi connectivity index (χ0v) is 19.7. The standard InChI is InChI=1S/C26H51N2/c1-4-7-9-11-13-14-16-18-20-23-28-25-24-27(22-6-3)26(28)21-19-17-15-12-10-8-5-2/h24-25H,4-23H2,1-3H3/q+1. The van der Waals surface area contributed by atoms with Crippen LogP contribution in [0.5, 0.6) is 0 Å². The minimum absolute atomic E-state index is 1.18. The van der Waals surface area contributed by atoms with Crippen LogP contribution in [0.1, 0.15) is 136 Å². The van der Waals surface area contributed by atoms with Crippen molar-refractivity contribution in [2.24, 2.45) is 0 Å². The molecule has 164 valence electrons. The molecular weight excluding hydrogens is 340 g/mol. The molecule has 0 N–H and O–H groups in total. The Bertz CT molecular complexity index is 449. The van der Waals surface area contributed by atoms with Gasteiger partial charge in [0.1, 0.15) is 12.4 Å². The van der Waals surface area contributed by atoms with Gasteiger partial charge in [-0.2, -0.15) is 0 Å². The summed E-state index contributed by atoms with van der Waals surface area (Å²) in [6.07, 6.45) is 29.7. The molecule has 1 aromatic rings. The summed E-state index contributed by atoms with van der Waals surface area (Å²) in [4.78, 5) is 0. The van der Waals surface area contributed by atoms with E-state index in [2.05, 4.69) is 42.3 Å². The quantitative estimate of drug-likeness (QED) is 0.157. The highest BCUT2D eigenvalue weighted by Crippen LogP contribution is 2.12. The molecule has 2 heteroatoms. The van der Waals surface area contributed by atoms with E-state index in [4.69, 9.17) is 0 Å². The van der Waals surface area contributed by atoms with E-state index >= 15 is 0 Å². The van der Waals surface area contributed by atoms with Gasteiger partial charge in [-0.1, -0.05) is 104 Å². The molecule has 2 nitrogen and oxygen atoms in total. The first-order valence-electron chi connectivity index (χ1n) is 12.9. The van der Waals surface area contributed by atoms with Gasteiger partial charge in [0.25, 0.3) is 5.82 Å². The summed E-state index contributed by atoms with van der Waals surface area (Å²) in [5, 5.41) is 0. The third-order valence-corrected chi connectivity index (χ3v) is 6.06. The van der Waals surface area contributed by atoms with Gasteiger partial charge in [0.15, 0.2) is 0 Å². The fraction of sp³-hybridized carbons (Fsp3) is 0.885. The first kappa shape index (κ1) is 25.2. The average Bonchev–Trinajstić information content (AvgIpc) is 3.08. The lowest BCUT2D eigenvalue weighted by Crippen LogP contribution is -2.37. The van der Waals surface area contributed by atoms with Crippen LogP contribution >= 0.6 is 0 Å². The van der Waals surface area contributed by atoms with E-state index in [1.807, 2.05) is 0 Å². The van der Waals surface area contributed by atoms with Crippen LogP contribution in [0, 0.1) is 0 Å². The molecule has 0 saturated carbocycles. The van der Waals surface area contributed by atoms with Crippen molar-refractivity contribution in [3.8, 4) is 0 Å². The Hall–Kier alpha value is -0.790. The lowest BCUT2D eigenvalue weighted by atomic mass is 10.1. The number of aryl methyl sites for hydroxylation is 2. The molecule has 0 aromatic carbocycles. The molecular formula is C26H51N2+. The van der Waals surface area contributed by atoms with Crippen molar-refractivity contribution < 1.29 is 4.57 Å². The molecule has 0 saturated heterocycles. The van der Waals surface area contributed by atoms with E-state index in [0.29, 0.717) is 0 Å². The summed E-state index contributed by atoms with van der Waals surface area (Å²) in [6, 6.07) is 0. The van der Waals surface area contributed by atoms with Gasteiger partial charge in [-0.15, -0.1) is 0 Å². The number of nitrogens with zero attached hydrogens (tertiary/aromatic N) is 2. The third kappa shape index (κ3) is 11.9. The largest absolute Gasteiger partial charge is 0.256 e. The number of unbranched alkanes of at least 4 members (excludes halogenated alkanes) is 14. The van der Waals surface area contributed by atoms with Crippen LogP contribution in [0.2, 0.25) is 0 Å². The zero-order chi connectivity index (χ0) is 20.3. The maximum atomic E-state index is 2.56. The van der Waals surface area contributed by atoms with Crippen LogP contribution < -0.4 is 4.57 Å². The van der Waals surface area contributed by atoms with Crippen molar-refractivity contribution in [2.45, 2.75) is 149 Å². The molecule has 0 aliphatic carbocycles.